The van der Waals surface area contributed by atoms with Crippen LogP contribution in [0.1, 0.15) is 21.5 Å². The number of hydrogen-bond acceptors (Lipinski definition) is 4. The van der Waals surface area contributed by atoms with Crippen LogP contribution in [-0.2, 0) is 0 Å². The lowest BCUT2D eigenvalue weighted by molar-refractivity contribution is 0.0957. The lowest BCUT2D eigenvalue weighted by Crippen LogP contribution is -2.36. The van der Waals surface area contributed by atoms with Crippen LogP contribution in [0.15, 0.2) is 27.8 Å². The predicted molar refractivity (Wildman–Crippen MR) is 77.2 cm³/mol. The number of aromatic nitrogens is 2. The number of aromatic amines is 1. The molecular formula is C14H15N3O4. The van der Waals surface area contributed by atoms with Gasteiger partial charge in [0.15, 0.2) is 5.56 Å². The van der Waals surface area contributed by atoms with Crippen molar-refractivity contribution in [1.29, 1.82) is 0 Å². The number of H-pyrrole nitrogens is 1. The minimum absolute atomic E-state index is 0.402. The van der Waals surface area contributed by atoms with Gasteiger partial charge < -0.3 is 10.4 Å². The molecule has 2 aromatic rings. The Bertz CT molecular complexity index is 833. The van der Waals surface area contributed by atoms with Gasteiger partial charge >= 0.3 is 5.69 Å². The molecule has 0 radical (unpaired) electrons. The minimum atomic E-state index is -0.932. The smallest absolute Gasteiger partial charge is 0.335 e. The third-order valence-electron chi connectivity index (χ3n) is 3.15. The average Bonchev–Trinajstić information content (AvgIpc) is 2.41. The summed E-state index contributed by atoms with van der Waals surface area (Å²) in [6, 6.07) is 5.32. The summed E-state index contributed by atoms with van der Waals surface area (Å²) in [7, 11) is 1.33. The predicted octanol–water partition coefficient (Wildman–Crippen LogP) is 0.208. The van der Waals surface area contributed by atoms with Crippen molar-refractivity contribution in [3.8, 4) is 11.6 Å². The summed E-state index contributed by atoms with van der Waals surface area (Å²) in [5.74, 6) is -1.45. The van der Waals surface area contributed by atoms with Crippen LogP contribution in [0, 0.1) is 13.8 Å². The molecule has 0 aliphatic heterocycles. The molecule has 1 aromatic carbocycles. The molecule has 21 heavy (non-hydrogen) atoms. The number of benzene rings is 1. The van der Waals surface area contributed by atoms with E-state index < -0.39 is 28.6 Å². The Labute approximate surface area is 119 Å². The van der Waals surface area contributed by atoms with E-state index in [0.29, 0.717) is 11.3 Å². The highest BCUT2D eigenvalue weighted by Gasteiger charge is 2.21. The zero-order valence-corrected chi connectivity index (χ0v) is 11.9. The van der Waals surface area contributed by atoms with Gasteiger partial charge in [-0.05, 0) is 31.0 Å². The normalized spacial score (nSPS) is 10.4. The minimum Gasteiger partial charge on any atom is -0.493 e. The van der Waals surface area contributed by atoms with Crippen LogP contribution in [-0.4, -0.2) is 27.6 Å². The summed E-state index contributed by atoms with van der Waals surface area (Å²) in [5.41, 5.74) is -0.253. The molecule has 0 spiro atoms. The van der Waals surface area contributed by atoms with E-state index in [0.717, 1.165) is 10.1 Å². The second kappa shape index (κ2) is 5.28. The second-order valence-corrected chi connectivity index (χ2v) is 4.66. The standard InChI is InChI=1S/C14H15N3O4/c1-7-4-5-8(2)9(6-7)17-13(20)10(11(18)15-3)12(19)16-14(17)21/h4-6,20H,1-3H3,(H,15,18)(H,16,19,21). The van der Waals surface area contributed by atoms with Crippen LogP contribution in [0.4, 0.5) is 0 Å². The molecule has 1 heterocycles. The molecule has 0 aliphatic carbocycles. The zero-order valence-electron chi connectivity index (χ0n) is 11.9. The molecule has 0 atom stereocenters. The summed E-state index contributed by atoms with van der Waals surface area (Å²) in [4.78, 5) is 37.4. The van der Waals surface area contributed by atoms with Gasteiger partial charge in [0.25, 0.3) is 11.5 Å². The van der Waals surface area contributed by atoms with Gasteiger partial charge in [0.05, 0.1) is 5.69 Å². The maximum atomic E-state index is 12.0. The Hall–Kier alpha value is -2.83. The van der Waals surface area contributed by atoms with Gasteiger partial charge in [0.2, 0.25) is 5.88 Å². The molecule has 0 aliphatic rings. The lowest BCUT2D eigenvalue weighted by Gasteiger charge is -2.13. The van der Waals surface area contributed by atoms with Crippen molar-refractivity contribution in [3.05, 3.63) is 55.7 Å². The maximum Gasteiger partial charge on any atom is 0.335 e. The first-order valence-corrected chi connectivity index (χ1v) is 6.24. The molecule has 0 bridgehead atoms. The van der Waals surface area contributed by atoms with E-state index in [4.69, 9.17) is 0 Å². The fourth-order valence-corrected chi connectivity index (χ4v) is 2.04. The molecule has 0 saturated heterocycles. The van der Waals surface area contributed by atoms with Gasteiger partial charge in [0.1, 0.15) is 0 Å². The second-order valence-electron chi connectivity index (χ2n) is 4.66. The first-order chi connectivity index (χ1) is 9.86. The average molecular weight is 289 g/mol. The van der Waals surface area contributed by atoms with Crippen LogP contribution < -0.4 is 16.6 Å². The van der Waals surface area contributed by atoms with Gasteiger partial charge in [-0.1, -0.05) is 12.1 Å². The topological polar surface area (TPSA) is 104 Å². The van der Waals surface area contributed by atoms with E-state index in [1.54, 1.807) is 19.1 Å². The number of rotatable bonds is 2. The van der Waals surface area contributed by atoms with E-state index in [-0.39, 0.29) is 0 Å². The highest BCUT2D eigenvalue weighted by atomic mass is 16.3. The van der Waals surface area contributed by atoms with Gasteiger partial charge in [-0.3, -0.25) is 14.6 Å². The van der Waals surface area contributed by atoms with Crippen molar-refractivity contribution in [2.24, 2.45) is 0 Å². The Kier molecular flexibility index (Phi) is 3.66. The number of aryl methyl sites for hydroxylation is 2. The van der Waals surface area contributed by atoms with E-state index in [1.165, 1.54) is 7.05 Å². The number of hydrogen-bond donors (Lipinski definition) is 3. The third-order valence-corrected chi connectivity index (χ3v) is 3.15. The van der Waals surface area contributed by atoms with E-state index in [1.807, 2.05) is 18.0 Å². The summed E-state index contributed by atoms with van der Waals surface area (Å²) < 4.78 is 0.911. The van der Waals surface area contributed by atoms with E-state index in [9.17, 15) is 19.5 Å². The Morgan fingerprint density at radius 3 is 2.57 bits per heavy atom. The molecule has 110 valence electrons. The molecule has 2 rings (SSSR count). The lowest BCUT2D eigenvalue weighted by atomic mass is 10.1. The SMILES string of the molecule is CNC(=O)c1c(O)n(-c2cc(C)ccc2C)c(=O)[nH]c1=O. The third kappa shape index (κ3) is 2.45. The molecule has 0 unspecified atom stereocenters. The molecule has 0 fully saturated rings. The van der Waals surface area contributed by atoms with Crippen LogP contribution in [0.2, 0.25) is 0 Å². The summed E-state index contributed by atoms with van der Waals surface area (Å²) in [6.45, 7) is 3.59. The van der Waals surface area contributed by atoms with Crippen LogP contribution in [0.5, 0.6) is 5.88 Å². The molecule has 1 amide bonds. The summed E-state index contributed by atoms with van der Waals surface area (Å²) >= 11 is 0. The van der Waals surface area contributed by atoms with Crippen molar-refractivity contribution in [2.75, 3.05) is 7.05 Å². The van der Waals surface area contributed by atoms with Crippen molar-refractivity contribution in [1.82, 2.24) is 14.9 Å². The number of carbonyl (C=O) groups is 1. The molecule has 1 aromatic heterocycles. The Morgan fingerprint density at radius 1 is 1.29 bits per heavy atom. The number of nitrogens with one attached hydrogen (secondary N) is 2. The fourth-order valence-electron chi connectivity index (χ4n) is 2.04. The summed E-state index contributed by atoms with van der Waals surface area (Å²) in [5, 5.41) is 12.5. The highest BCUT2D eigenvalue weighted by molar-refractivity contribution is 5.95. The molecule has 7 nitrogen and oxygen atoms in total. The van der Waals surface area contributed by atoms with Crippen molar-refractivity contribution in [2.45, 2.75) is 13.8 Å². The fraction of sp³-hybridized carbons (Fsp3) is 0.214. The molecule has 7 heteroatoms. The first kappa shape index (κ1) is 14.6. The summed E-state index contributed by atoms with van der Waals surface area (Å²) in [6.07, 6.45) is 0. The molecule has 0 saturated carbocycles. The molecule has 3 N–H and O–H groups in total. The number of amides is 1. The number of carbonyl (C=O) groups excluding carboxylic acids is 1. The molecular weight excluding hydrogens is 274 g/mol. The van der Waals surface area contributed by atoms with Crippen molar-refractivity contribution >= 4 is 5.91 Å². The first-order valence-electron chi connectivity index (χ1n) is 6.24. The van der Waals surface area contributed by atoms with Crippen LogP contribution in [0.3, 0.4) is 0 Å². The van der Waals surface area contributed by atoms with Gasteiger partial charge in [-0.15, -0.1) is 0 Å². The quantitative estimate of drug-likeness (QED) is 0.735. The van der Waals surface area contributed by atoms with Gasteiger partial charge in [0, 0.05) is 7.05 Å². The van der Waals surface area contributed by atoms with Gasteiger partial charge in [-0.2, -0.15) is 0 Å². The van der Waals surface area contributed by atoms with Crippen LogP contribution >= 0.6 is 0 Å². The maximum absolute atomic E-state index is 12.0. The van der Waals surface area contributed by atoms with Gasteiger partial charge in [-0.25, -0.2) is 9.36 Å². The number of aromatic hydroxyl groups is 1. The number of nitrogens with zero attached hydrogens (tertiary/aromatic N) is 1. The Morgan fingerprint density at radius 2 is 1.95 bits per heavy atom. The highest BCUT2D eigenvalue weighted by Crippen LogP contribution is 2.20. The van der Waals surface area contributed by atoms with Crippen molar-refractivity contribution < 1.29 is 9.90 Å². The monoisotopic (exact) mass is 289 g/mol. The van der Waals surface area contributed by atoms with E-state index in [2.05, 4.69) is 5.32 Å². The van der Waals surface area contributed by atoms with E-state index >= 15 is 0 Å². The Balaban J connectivity index is 2.87. The van der Waals surface area contributed by atoms with Crippen molar-refractivity contribution in [3.63, 3.8) is 0 Å². The largest absolute Gasteiger partial charge is 0.493 e. The zero-order chi connectivity index (χ0) is 15.7. The van der Waals surface area contributed by atoms with Crippen LogP contribution in [0.25, 0.3) is 5.69 Å².